The third-order valence-electron chi connectivity index (χ3n) is 5.07. The molecule has 1 N–H and O–H groups in total. The third-order valence-corrected chi connectivity index (χ3v) is 5.07. The van der Waals surface area contributed by atoms with Gasteiger partial charge in [0.1, 0.15) is 5.82 Å². The number of piperazine rings is 1. The number of nitrogens with one attached hydrogen (secondary N) is 1. The van der Waals surface area contributed by atoms with E-state index in [4.69, 9.17) is 0 Å². The Bertz CT molecular complexity index is 754. The molecule has 1 aromatic heterocycles. The first kappa shape index (κ1) is 18.4. The van der Waals surface area contributed by atoms with E-state index in [9.17, 15) is 4.79 Å². The van der Waals surface area contributed by atoms with Crippen LogP contribution in [0.1, 0.15) is 34.0 Å². The second kappa shape index (κ2) is 7.87. The van der Waals surface area contributed by atoms with Crippen molar-refractivity contribution in [3.63, 3.8) is 0 Å². The summed E-state index contributed by atoms with van der Waals surface area (Å²) < 4.78 is 0. The van der Waals surface area contributed by atoms with Gasteiger partial charge in [-0.15, -0.1) is 0 Å². The van der Waals surface area contributed by atoms with Gasteiger partial charge in [-0.25, -0.2) is 4.98 Å². The van der Waals surface area contributed by atoms with Crippen LogP contribution in [0.2, 0.25) is 0 Å². The second-order valence-corrected chi connectivity index (χ2v) is 7.05. The van der Waals surface area contributed by atoms with Crippen molar-refractivity contribution in [2.75, 3.05) is 42.9 Å². The molecule has 1 aromatic carbocycles. The summed E-state index contributed by atoms with van der Waals surface area (Å²) >= 11 is 0. The molecule has 0 aliphatic carbocycles. The summed E-state index contributed by atoms with van der Waals surface area (Å²) in [4.78, 5) is 21.8. The Morgan fingerprint density at radius 1 is 1.08 bits per heavy atom. The molecule has 0 saturated carbocycles. The van der Waals surface area contributed by atoms with Crippen LogP contribution in [0.4, 0.5) is 11.5 Å². The summed E-state index contributed by atoms with van der Waals surface area (Å²) in [6, 6.07) is 7.98. The first-order valence-electron chi connectivity index (χ1n) is 9.30. The van der Waals surface area contributed by atoms with Crippen molar-refractivity contribution in [1.82, 2.24) is 9.88 Å². The molecule has 1 saturated heterocycles. The topological polar surface area (TPSA) is 48.5 Å². The standard InChI is InChI=1S/C21H28N4O/c1-5-24-8-10-25(11-9-24)19-7-6-18(14-22-19)21(26)23-20-16(3)12-15(2)13-17(20)4/h6-7,12-14H,5,8-11H2,1-4H3,(H,23,26). The maximum atomic E-state index is 12.6. The van der Waals surface area contributed by atoms with E-state index in [0.29, 0.717) is 5.56 Å². The Morgan fingerprint density at radius 3 is 2.27 bits per heavy atom. The number of likely N-dealkylation sites (N-methyl/N-ethyl adjacent to an activating group) is 1. The average Bonchev–Trinajstić information content (AvgIpc) is 2.64. The molecule has 1 fully saturated rings. The summed E-state index contributed by atoms with van der Waals surface area (Å²) in [6.45, 7) is 13.5. The molecule has 5 heteroatoms. The van der Waals surface area contributed by atoms with E-state index in [-0.39, 0.29) is 5.91 Å². The molecule has 0 bridgehead atoms. The van der Waals surface area contributed by atoms with Gasteiger partial charge in [-0.3, -0.25) is 4.79 Å². The van der Waals surface area contributed by atoms with Crippen LogP contribution in [0.3, 0.4) is 0 Å². The number of rotatable bonds is 4. The summed E-state index contributed by atoms with van der Waals surface area (Å²) in [5, 5.41) is 3.04. The number of amides is 1. The molecule has 1 aliphatic heterocycles. The van der Waals surface area contributed by atoms with Gasteiger partial charge in [-0.1, -0.05) is 24.6 Å². The first-order valence-corrected chi connectivity index (χ1v) is 9.30. The molecule has 2 heterocycles. The van der Waals surface area contributed by atoms with Gasteiger partial charge in [-0.2, -0.15) is 0 Å². The second-order valence-electron chi connectivity index (χ2n) is 7.05. The van der Waals surface area contributed by atoms with E-state index in [2.05, 4.69) is 46.1 Å². The molecule has 0 atom stereocenters. The number of nitrogens with zero attached hydrogens (tertiary/aromatic N) is 3. The summed E-state index contributed by atoms with van der Waals surface area (Å²) in [5.74, 6) is 0.829. The molecule has 2 aromatic rings. The Labute approximate surface area is 156 Å². The van der Waals surface area contributed by atoms with E-state index in [1.54, 1.807) is 6.20 Å². The van der Waals surface area contributed by atoms with E-state index >= 15 is 0 Å². The molecular weight excluding hydrogens is 324 g/mol. The van der Waals surface area contributed by atoms with Gasteiger partial charge in [0, 0.05) is 38.1 Å². The summed E-state index contributed by atoms with van der Waals surface area (Å²) in [7, 11) is 0. The molecular formula is C21H28N4O. The van der Waals surface area contributed by atoms with E-state index < -0.39 is 0 Å². The van der Waals surface area contributed by atoms with Crippen LogP contribution in [0.25, 0.3) is 0 Å². The van der Waals surface area contributed by atoms with Gasteiger partial charge in [0.15, 0.2) is 0 Å². The van der Waals surface area contributed by atoms with Crippen LogP contribution < -0.4 is 10.2 Å². The molecule has 1 amide bonds. The number of benzene rings is 1. The fourth-order valence-corrected chi connectivity index (χ4v) is 3.56. The van der Waals surface area contributed by atoms with Crippen molar-refractivity contribution in [1.29, 1.82) is 0 Å². The minimum Gasteiger partial charge on any atom is -0.354 e. The third kappa shape index (κ3) is 4.05. The lowest BCUT2D eigenvalue weighted by Crippen LogP contribution is -2.46. The highest BCUT2D eigenvalue weighted by Gasteiger charge is 2.17. The molecule has 0 radical (unpaired) electrons. The van der Waals surface area contributed by atoms with Crippen LogP contribution in [-0.4, -0.2) is 48.5 Å². The number of pyridine rings is 1. The highest BCUT2D eigenvalue weighted by molar-refractivity contribution is 6.05. The van der Waals surface area contributed by atoms with Crippen molar-refractivity contribution in [3.05, 3.63) is 52.7 Å². The molecule has 5 nitrogen and oxygen atoms in total. The number of hydrogen-bond acceptors (Lipinski definition) is 4. The predicted octanol–water partition coefficient (Wildman–Crippen LogP) is 3.40. The summed E-state index contributed by atoms with van der Waals surface area (Å²) in [6.07, 6.45) is 1.68. The van der Waals surface area contributed by atoms with Gasteiger partial charge in [0.25, 0.3) is 5.91 Å². The van der Waals surface area contributed by atoms with Gasteiger partial charge >= 0.3 is 0 Å². The van der Waals surface area contributed by atoms with Gasteiger partial charge in [0.2, 0.25) is 0 Å². The number of hydrogen-bond donors (Lipinski definition) is 1. The van der Waals surface area contributed by atoms with Gasteiger partial charge < -0.3 is 15.1 Å². The van der Waals surface area contributed by atoms with Gasteiger partial charge in [-0.05, 0) is 50.6 Å². The predicted molar refractivity (Wildman–Crippen MR) is 107 cm³/mol. The smallest absolute Gasteiger partial charge is 0.257 e. The normalized spacial score (nSPS) is 15.2. The minimum absolute atomic E-state index is 0.116. The van der Waals surface area contributed by atoms with Crippen LogP contribution in [0, 0.1) is 20.8 Å². The van der Waals surface area contributed by atoms with Crippen molar-refractivity contribution in [2.24, 2.45) is 0 Å². The largest absolute Gasteiger partial charge is 0.354 e. The fourth-order valence-electron chi connectivity index (χ4n) is 3.56. The van der Waals surface area contributed by atoms with Crippen LogP contribution in [-0.2, 0) is 0 Å². The molecule has 1 aliphatic rings. The lowest BCUT2D eigenvalue weighted by Gasteiger charge is -2.34. The Kier molecular flexibility index (Phi) is 5.57. The lowest BCUT2D eigenvalue weighted by molar-refractivity contribution is 0.102. The van der Waals surface area contributed by atoms with Gasteiger partial charge in [0.05, 0.1) is 5.56 Å². The molecule has 0 unspecified atom stereocenters. The molecule has 0 spiro atoms. The summed E-state index contributed by atoms with van der Waals surface area (Å²) in [5.41, 5.74) is 4.83. The van der Waals surface area contributed by atoms with Crippen LogP contribution >= 0.6 is 0 Å². The highest BCUT2D eigenvalue weighted by Crippen LogP contribution is 2.23. The average molecular weight is 352 g/mol. The number of aromatic nitrogens is 1. The number of carbonyl (C=O) groups is 1. The number of aryl methyl sites for hydroxylation is 3. The zero-order valence-electron chi connectivity index (χ0n) is 16.2. The first-order chi connectivity index (χ1) is 12.5. The zero-order valence-corrected chi connectivity index (χ0v) is 16.2. The lowest BCUT2D eigenvalue weighted by atomic mass is 10.0. The Hall–Kier alpha value is -2.40. The molecule has 26 heavy (non-hydrogen) atoms. The molecule has 138 valence electrons. The zero-order chi connectivity index (χ0) is 18.7. The van der Waals surface area contributed by atoms with Crippen molar-refractivity contribution < 1.29 is 4.79 Å². The monoisotopic (exact) mass is 352 g/mol. The Balaban J connectivity index is 1.68. The number of carbonyl (C=O) groups excluding carboxylic acids is 1. The van der Waals surface area contributed by atoms with Crippen LogP contribution in [0.5, 0.6) is 0 Å². The van der Waals surface area contributed by atoms with Crippen molar-refractivity contribution >= 4 is 17.4 Å². The quantitative estimate of drug-likeness (QED) is 0.916. The van der Waals surface area contributed by atoms with Crippen LogP contribution in [0.15, 0.2) is 30.5 Å². The van der Waals surface area contributed by atoms with E-state index in [1.807, 2.05) is 26.0 Å². The maximum absolute atomic E-state index is 12.6. The minimum atomic E-state index is -0.116. The highest BCUT2D eigenvalue weighted by atomic mass is 16.1. The van der Waals surface area contributed by atoms with E-state index in [1.165, 1.54) is 5.56 Å². The number of anilines is 2. The molecule has 3 rings (SSSR count). The maximum Gasteiger partial charge on any atom is 0.257 e. The fraction of sp³-hybridized carbons (Fsp3) is 0.429. The van der Waals surface area contributed by atoms with Crippen molar-refractivity contribution in [2.45, 2.75) is 27.7 Å². The Morgan fingerprint density at radius 2 is 1.73 bits per heavy atom. The van der Waals surface area contributed by atoms with Crippen molar-refractivity contribution in [3.8, 4) is 0 Å². The van der Waals surface area contributed by atoms with E-state index in [0.717, 1.165) is 55.4 Å². The SMILES string of the molecule is CCN1CCN(c2ccc(C(=O)Nc3c(C)cc(C)cc3C)cn2)CC1.